The van der Waals surface area contributed by atoms with Crippen molar-refractivity contribution in [1.29, 1.82) is 0 Å². The molecule has 0 aliphatic carbocycles. The van der Waals surface area contributed by atoms with Gasteiger partial charge in [-0.2, -0.15) is 0 Å². The summed E-state index contributed by atoms with van der Waals surface area (Å²) in [6, 6.07) is 0. The maximum Gasteiger partial charge on any atom is 0.118 e. The van der Waals surface area contributed by atoms with Crippen molar-refractivity contribution in [2.45, 2.75) is 46.3 Å². The number of hydrogen-bond acceptors (Lipinski definition) is 3. The first-order chi connectivity index (χ1) is 5.19. The molecule has 1 unspecified atom stereocenters. The average molecular weight is 173 g/mol. The van der Waals surface area contributed by atoms with Crippen LogP contribution in [0.25, 0.3) is 0 Å². The van der Waals surface area contributed by atoms with Gasteiger partial charge in [-0.3, -0.25) is 0 Å². The van der Waals surface area contributed by atoms with Crippen LogP contribution in [-0.4, -0.2) is 5.79 Å². The fourth-order valence-electron chi connectivity index (χ4n) is 1.15. The molecule has 0 aromatic rings. The lowest BCUT2D eigenvalue weighted by Crippen LogP contribution is -2.63. The van der Waals surface area contributed by atoms with E-state index in [4.69, 9.17) is 17.2 Å². The Morgan fingerprint density at radius 1 is 1.17 bits per heavy atom. The van der Waals surface area contributed by atoms with Crippen LogP contribution in [0.4, 0.5) is 0 Å². The van der Waals surface area contributed by atoms with E-state index in [0.29, 0.717) is 0 Å². The topological polar surface area (TPSA) is 78.1 Å². The first kappa shape index (κ1) is 11.9. The number of nitrogens with two attached hydrogens (primary N) is 3. The molecule has 0 saturated carbocycles. The van der Waals surface area contributed by atoms with E-state index < -0.39 is 5.79 Å². The lowest BCUT2D eigenvalue weighted by Gasteiger charge is -2.33. The lowest BCUT2D eigenvalue weighted by molar-refractivity contribution is 0.194. The van der Waals surface area contributed by atoms with E-state index in [1.165, 1.54) is 0 Å². The summed E-state index contributed by atoms with van der Waals surface area (Å²) in [5.41, 5.74) is 17.1. The first-order valence-electron chi connectivity index (χ1n) is 4.55. The molecule has 3 nitrogen and oxygen atoms in total. The minimum Gasteiger partial charge on any atom is -0.301 e. The quantitative estimate of drug-likeness (QED) is 0.554. The van der Waals surface area contributed by atoms with E-state index in [1.807, 2.05) is 6.92 Å². The van der Waals surface area contributed by atoms with Gasteiger partial charge >= 0.3 is 0 Å². The van der Waals surface area contributed by atoms with Gasteiger partial charge in [-0.05, 0) is 11.8 Å². The van der Waals surface area contributed by atoms with Crippen LogP contribution in [0, 0.1) is 11.3 Å². The van der Waals surface area contributed by atoms with Gasteiger partial charge in [0, 0.05) is 5.92 Å². The molecular formula is C9H23N3. The van der Waals surface area contributed by atoms with Gasteiger partial charge in [-0.1, -0.05) is 34.1 Å². The van der Waals surface area contributed by atoms with Gasteiger partial charge in [-0.25, -0.2) is 0 Å². The van der Waals surface area contributed by atoms with Crippen molar-refractivity contribution in [1.82, 2.24) is 0 Å². The van der Waals surface area contributed by atoms with Crippen LogP contribution in [0.15, 0.2) is 0 Å². The molecule has 0 aromatic heterocycles. The summed E-state index contributed by atoms with van der Waals surface area (Å²) < 4.78 is 0. The van der Waals surface area contributed by atoms with Crippen molar-refractivity contribution >= 4 is 0 Å². The Morgan fingerprint density at radius 3 is 1.83 bits per heavy atom. The molecule has 0 bridgehead atoms. The molecule has 0 saturated heterocycles. The van der Waals surface area contributed by atoms with Gasteiger partial charge in [0.05, 0.1) is 0 Å². The van der Waals surface area contributed by atoms with Crippen LogP contribution in [0.5, 0.6) is 0 Å². The van der Waals surface area contributed by atoms with Gasteiger partial charge in [0.15, 0.2) is 0 Å². The minimum absolute atomic E-state index is 0.146. The molecule has 74 valence electrons. The molecule has 0 aliphatic heterocycles. The van der Waals surface area contributed by atoms with Gasteiger partial charge in [-0.15, -0.1) is 0 Å². The summed E-state index contributed by atoms with van der Waals surface area (Å²) >= 11 is 0. The molecule has 12 heavy (non-hydrogen) atoms. The molecule has 0 heterocycles. The van der Waals surface area contributed by atoms with E-state index in [9.17, 15) is 0 Å². The predicted octanol–water partition coefficient (Wildman–Crippen LogP) is 0.979. The smallest absolute Gasteiger partial charge is 0.118 e. The summed E-state index contributed by atoms with van der Waals surface area (Å²) in [4.78, 5) is 0. The van der Waals surface area contributed by atoms with Gasteiger partial charge in [0.2, 0.25) is 0 Å². The zero-order valence-electron chi connectivity index (χ0n) is 8.72. The molecular weight excluding hydrogens is 150 g/mol. The van der Waals surface area contributed by atoms with Crippen molar-refractivity contribution < 1.29 is 0 Å². The van der Waals surface area contributed by atoms with Crippen LogP contribution in [0.3, 0.4) is 0 Å². The van der Waals surface area contributed by atoms with E-state index in [1.54, 1.807) is 0 Å². The second kappa shape index (κ2) is 3.73. The Morgan fingerprint density at radius 2 is 1.58 bits per heavy atom. The average Bonchev–Trinajstić information content (AvgIpc) is 1.85. The second-order valence-corrected chi connectivity index (χ2v) is 4.62. The Balaban J connectivity index is 4.09. The van der Waals surface area contributed by atoms with Crippen molar-refractivity contribution in [2.75, 3.05) is 0 Å². The molecule has 0 rings (SSSR count). The van der Waals surface area contributed by atoms with Crippen molar-refractivity contribution in [3.63, 3.8) is 0 Å². The molecule has 0 aromatic carbocycles. The Bertz CT molecular complexity index is 135. The molecule has 1 atom stereocenters. The van der Waals surface area contributed by atoms with Crippen molar-refractivity contribution in [3.8, 4) is 0 Å². The molecule has 3 heteroatoms. The number of hydrogen-bond donors (Lipinski definition) is 3. The molecule has 0 amide bonds. The summed E-state index contributed by atoms with van der Waals surface area (Å²) in [6.07, 6.45) is 2.08. The normalized spacial score (nSPS) is 16.2. The zero-order chi connectivity index (χ0) is 9.99. The third-order valence-corrected chi connectivity index (χ3v) is 2.67. The predicted molar refractivity (Wildman–Crippen MR) is 53.1 cm³/mol. The van der Waals surface area contributed by atoms with Crippen molar-refractivity contribution in [2.24, 2.45) is 28.5 Å². The van der Waals surface area contributed by atoms with Crippen molar-refractivity contribution in [3.05, 3.63) is 0 Å². The highest BCUT2D eigenvalue weighted by molar-refractivity contribution is 4.81. The highest BCUT2D eigenvalue weighted by Crippen LogP contribution is 2.30. The zero-order valence-corrected chi connectivity index (χ0v) is 8.72. The maximum absolute atomic E-state index is 5.60. The fraction of sp³-hybridized carbons (Fsp3) is 1.00. The molecule has 0 radical (unpaired) electrons. The third kappa shape index (κ3) is 4.04. The van der Waals surface area contributed by atoms with Crippen LogP contribution in [0.2, 0.25) is 0 Å². The molecule has 0 fully saturated rings. The summed E-state index contributed by atoms with van der Waals surface area (Å²) in [6.45, 7) is 8.57. The van der Waals surface area contributed by atoms with Gasteiger partial charge in [0.1, 0.15) is 5.79 Å². The summed E-state index contributed by atoms with van der Waals surface area (Å²) in [7, 11) is 0. The number of rotatable bonds is 4. The van der Waals surface area contributed by atoms with Gasteiger partial charge in [0.25, 0.3) is 0 Å². The standard InChI is InChI=1S/C9H23N3/c1-5-8(3,4)6-7(2)9(10,11)12/h7H,5-6,10-12H2,1-4H3. The van der Waals surface area contributed by atoms with Gasteiger partial charge < -0.3 is 17.2 Å². The highest BCUT2D eigenvalue weighted by Gasteiger charge is 2.28. The largest absolute Gasteiger partial charge is 0.301 e. The van der Waals surface area contributed by atoms with E-state index in [2.05, 4.69) is 20.8 Å². The summed E-state index contributed by atoms with van der Waals surface area (Å²) in [5.74, 6) is -0.889. The van der Waals surface area contributed by atoms with Crippen LogP contribution < -0.4 is 17.2 Å². The van der Waals surface area contributed by atoms with Crippen LogP contribution in [0.1, 0.15) is 40.5 Å². The molecule has 0 spiro atoms. The Labute approximate surface area is 75.7 Å². The van der Waals surface area contributed by atoms with Crippen LogP contribution >= 0.6 is 0 Å². The fourth-order valence-corrected chi connectivity index (χ4v) is 1.15. The van der Waals surface area contributed by atoms with E-state index >= 15 is 0 Å². The Kier molecular flexibility index (Phi) is 3.69. The van der Waals surface area contributed by atoms with E-state index in [-0.39, 0.29) is 11.3 Å². The second-order valence-electron chi connectivity index (χ2n) is 4.62. The highest BCUT2D eigenvalue weighted by atomic mass is 15.1. The SMILES string of the molecule is CCC(C)(C)CC(C)C(N)(N)N. The molecule has 6 N–H and O–H groups in total. The third-order valence-electron chi connectivity index (χ3n) is 2.67. The Hall–Kier alpha value is -0.120. The molecule has 0 aliphatic rings. The van der Waals surface area contributed by atoms with Crippen LogP contribution in [-0.2, 0) is 0 Å². The van der Waals surface area contributed by atoms with E-state index in [0.717, 1.165) is 12.8 Å². The lowest BCUT2D eigenvalue weighted by atomic mass is 9.79. The summed E-state index contributed by atoms with van der Waals surface area (Å²) in [5, 5.41) is 0. The maximum atomic E-state index is 5.60. The monoisotopic (exact) mass is 173 g/mol. The minimum atomic E-state index is -1.04. The first-order valence-corrected chi connectivity index (χ1v) is 4.55.